The molecule has 1 amide bonds. The first kappa shape index (κ1) is 12.4. The van der Waals surface area contributed by atoms with Crippen LogP contribution < -0.4 is 11.1 Å². The van der Waals surface area contributed by atoms with Gasteiger partial charge in [-0.25, -0.2) is 0 Å². The summed E-state index contributed by atoms with van der Waals surface area (Å²) in [6, 6.07) is 5.14. The minimum atomic E-state index is -0.180. The van der Waals surface area contributed by atoms with Gasteiger partial charge in [0.2, 0.25) is 0 Å². The number of carbonyl (C=O) groups is 1. The summed E-state index contributed by atoms with van der Waals surface area (Å²) < 4.78 is 0.788. The van der Waals surface area contributed by atoms with E-state index in [2.05, 4.69) is 21.2 Å². The van der Waals surface area contributed by atoms with Gasteiger partial charge in [-0.1, -0.05) is 0 Å². The first-order valence-corrected chi connectivity index (χ1v) is 6.37. The molecule has 92 valence electrons. The van der Waals surface area contributed by atoms with E-state index in [4.69, 9.17) is 10.8 Å². The van der Waals surface area contributed by atoms with E-state index in [9.17, 15) is 4.79 Å². The molecule has 1 fully saturated rings. The first-order chi connectivity index (χ1) is 8.06. The topological polar surface area (TPSA) is 75.4 Å². The number of amides is 1. The van der Waals surface area contributed by atoms with Crippen molar-refractivity contribution in [2.24, 2.45) is 5.92 Å². The lowest BCUT2D eigenvalue weighted by Gasteiger charge is -2.31. The maximum Gasteiger partial charge on any atom is 0.251 e. The molecule has 1 aliphatic carbocycles. The fourth-order valence-electron chi connectivity index (χ4n) is 1.89. The third-order valence-corrected chi connectivity index (χ3v) is 3.74. The molecule has 0 aliphatic heterocycles. The summed E-state index contributed by atoms with van der Waals surface area (Å²) in [5, 5.41) is 12.0. The van der Waals surface area contributed by atoms with Crippen LogP contribution in [0.4, 0.5) is 5.69 Å². The molecule has 4 N–H and O–H groups in total. The van der Waals surface area contributed by atoms with Crippen molar-refractivity contribution >= 4 is 27.5 Å². The van der Waals surface area contributed by atoms with Crippen LogP contribution >= 0.6 is 15.9 Å². The molecule has 5 heteroatoms. The second kappa shape index (κ2) is 5.06. The predicted octanol–water partition coefficient (Wildman–Crippen LogP) is 1.53. The molecule has 0 spiro atoms. The Morgan fingerprint density at radius 2 is 2.24 bits per heavy atom. The van der Waals surface area contributed by atoms with Gasteiger partial charge in [0.05, 0.1) is 6.10 Å². The van der Waals surface area contributed by atoms with Gasteiger partial charge in [0, 0.05) is 22.3 Å². The molecule has 1 saturated carbocycles. The van der Waals surface area contributed by atoms with Gasteiger partial charge in [-0.05, 0) is 52.9 Å². The van der Waals surface area contributed by atoms with E-state index in [-0.39, 0.29) is 12.0 Å². The lowest BCUT2D eigenvalue weighted by Crippen LogP contribution is -2.38. The zero-order valence-corrected chi connectivity index (χ0v) is 10.9. The van der Waals surface area contributed by atoms with E-state index in [1.54, 1.807) is 18.2 Å². The highest BCUT2D eigenvalue weighted by atomic mass is 79.9. The standard InChI is InChI=1S/C12H15BrN2O2/c13-10-2-1-8(5-11(10)14)12(17)15-6-7-3-9(16)4-7/h1-2,5,7,9,16H,3-4,6,14H2,(H,15,17). The largest absolute Gasteiger partial charge is 0.398 e. The Hall–Kier alpha value is -1.07. The van der Waals surface area contributed by atoms with Crippen molar-refractivity contribution in [1.29, 1.82) is 0 Å². The van der Waals surface area contributed by atoms with Crippen molar-refractivity contribution in [3.05, 3.63) is 28.2 Å². The molecular weight excluding hydrogens is 284 g/mol. The zero-order valence-electron chi connectivity index (χ0n) is 9.32. The van der Waals surface area contributed by atoms with E-state index in [0.29, 0.717) is 23.7 Å². The summed E-state index contributed by atoms with van der Waals surface area (Å²) in [5.41, 5.74) is 6.82. The second-order valence-electron chi connectivity index (χ2n) is 4.44. The van der Waals surface area contributed by atoms with E-state index in [1.807, 2.05) is 0 Å². The van der Waals surface area contributed by atoms with Gasteiger partial charge in [0.25, 0.3) is 5.91 Å². The number of nitrogens with one attached hydrogen (secondary N) is 1. The number of rotatable bonds is 3. The molecule has 4 nitrogen and oxygen atoms in total. The van der Waals surface area contributed by atoms with Crippen LogP contribution in [0.1, 0.15) is 23.2 Å². The van der Waals surface area contributed by atoms with Gasteiger partial charge in [0.1, 0.15) is 0 Å². The van der Waals surface area contributed by atoms with Crippen molar-refractivity contribution in [3.63, 3.8) is 0 Å². The van der Waals surface area contributed by atoms with Crippen LogP contribution in [0.2, 0.25) is 0 Å². The monoisotopic (exact) mass is 298 g/mol. The summed E-state index contributed by atoms with van der Waals surface area (Å²) in [4.78, 5) is 11.8. The predicted molar refractivity (Wildman–Crippen MR) is 69.6 cm³/mol. The Labute approximate surface area is 108 Å². The molecule has 1 aliphatic rings. The van der Waals surface area contributed by atoms with E-state index >= 15 is 0 Å². The summed E-state index contributed by atoms with van der Waals surface area (Å²) in [6.07, 6.45) is 1.38. The van der Waals surface area contributed by atoms with Crippen LogP contribution in [0.3, 0.4) is 0 Å². The highest BCUT2D eigenvalue weighted by Crippen LogP contribution is 2.26. The summed E-state index contributed by atoms with van der Waals surface area (Å²) >= 11 is 3.28. The Morgan fingerprint density at radius 3 is 2.82 bits per heavy atom. The highest BCUT2D eigenvalue weighted by Gasteiger charge is 2.27. The highest BCUT2D eigenvalue weighted by molar-refractivity contribution is 9.10. The average molecular weight is 299 g/mol. The normalized spacial score (nSPS) is 22.9. The van der Waals surface area contributed by atoms with Crippen molar-refractivity contribution < 1.29 is 9.90 Å². The number of aliphatic hydroxyl groups is 1. The zero-order chi connectivity index (χ0) is 12.4. The number of nitrogen functional groups attached to an aromatic ring is 1. The number of halogens is 1. The Balaban J connectivity index is 1.88. The van der Waals surface area contributed by atoms with E-state index < -0.39 is 0 Å². The smallest absolute Gasteiger partial charge is 0.251 e. The number of hydrogen-bond donors (Lipinski definition) is 3. The van der Waals surface area contributed by atoms with Crippen LogP contribution in [0.5, 0.6) is 0 Å². The minimum Gasteiger partial charge on any atom is -0.398 e. The van der Waals surface area contributed by atoms with Crippen LogP contribution in [-0.2, 0) is 0 Å². The van der Waals surface area contributed by atoms with Gasteiger partial charge in [-0.15, -0.1) is 0 Å². The number of aliphatic hydroxyl groups excluding tert-OH is 1. The number of anilines is 1. The Kier molecular flexibility index (Phi) is 3.69. The molecule has 17 heavy (non-hydrogen) atoms. The Morgan fingerprint density at radius 1 is 1.53 bits per heavy atom. The maximum atomic E-state index is 11.8. The van der Waals surface area contributed by atoms with Crippen LogP contribution in [0.25, 0.3) is 0 Å². The fourth-order valence-corrected chi connectivity index (χ4v) is 2.14. The van der Waals surface area contributed by atoms with Gasteiger partial charge < -0.3 is 16.2 Å². The number of nitrogens with two attached hydrogens (primary N) is 1. The summed E-state index contributed by atoms with van der Waals surface area (Å²) in [6.45, 7) is 0.617. The van der Waals surface area contributed by atoms with Crippen LogP contribution in [-0.4, -0.2) is 23.7 Å². The lowest BCUT2D eigenvalue weighted by atomic mass is 9.82. The molecule has 0 radical (unpaired) electrons. The molecule has 1 aromatic carbocycles. The molecule has 0 heterocycles. The number of carbonyl (C=O) groups excluding carboxylic acids is 1. The average Bonchev–Trinajstić information content (AvgIpc) is 2.26. The molecule has 0 bridgehead atoms. The fraction of sp³-hybridized carbons (Fsp3) is 0.417. The Bertz CT molecular complexity index is 431. The van der Waals surface area contributed by atoms with E-state index in [1.165, 1.54) is 0 Å². The van der Waals surface area contributed by atoms with Crippen molar-refractivity contribution in [1.82, 2.24) is 5.32 Å². The molecule has 2 rings (SSSR count). The third kappa shape index (κ3) is 2.98. The SMILES string of the molecule is Nc1cc(C(=O)NCC2CC(O)C2)ccc1Br. The molecule has 0 atom stereocenters. The van der Waals surface area contributed by atoms with Crippen molar-refractivity contribution in [2.45, 2.75) is 18.9 Å². The summed E-state index contributed by atoms with van der Waals surface area (Å²) in [7, 11) is 0. The lowest BCUT2D eigenvalue weighted by molar-refractivity contribution is 0.0420. The third-order valence-electron chi connectivity index (χ3n) is 3.02. The van der Waals surface area contributed by atoms with Gasteiger partial charge in [-0.3, -0.25) is 4.79 Å². The van der Waals surface area contributed by atoms with E-state index in [0.717, 1.165) is 17.3 Å². The van der Waals surface area contributed by atoms with Gasteiger partial charge in [0.15, 0.2) is 0 Å². The van der Waals surface area contributed by atoms with Gasteiger partial charge >= 0.3 is 0 Å². The van der Waals surface area contributed by atoms with Gasteiger partial charge in [-0.2, -0.15) is 0 Å². The second-order valence-corrected chi connectivity index (χ2v) is 5.29. The molecule has 1 aromatic rings. The van der Waals surface area contributed by atoms with Crippen molar-refractivity contribution in [3.8, 4) is 0 Å². The molecular formula is C12H15BrN2O2. The maximum absolute atomic E-state index is 11.8. The van der Waals surface area contributed by atoms with Crippen molar-refractivity contribution in [2.75, 3.05) is 12.3 Å². The number of benzene rings is 1. The quantitative estimate of drug-likeness (QED) is 0.741. The first-order valence-electron chi connectivity index (χ1n) is 5.57. The number of hydrogen-bond acceptors (Lipinski definition) is 3. The molecule has 0 aromatic heterocycles. The molecule has 0 saturated heterocycles. The van der Waals surface area contributed by atoms with Crippen LogP contribution in [0.15, 0.2) is 22.7 Å². The van der Waals surface area contributed by atoms with Crippen LogP contribution in [0, 0.1) is 5.92 Å². The molecule has 0 unspecified atom stereocenters. The minimum absolute atomic E-state index is 0.120. The summed E-state index contributed by atoms with van der Waals surface area (Å²) in [5.74, 6) is 0.285.